The van der Waals surface area contributed by atoms with Gasteiger partial charge < -0.3 is 9.84 Å². The van der Waals surface area contributed by atoms with Crippen molar-refractivity contribution < 1.29 is 28.6 Å². The van der Waals surface area contributed by atoms with Crippen LogP contribution in [0.1, 0.15) is 93.4 Å². The second-order valence-electron chi connectivity index (χ2n) is 11.4. The van der Waals surface area contributed by atoms with E-state index in [2.05, 4.69) is 11.0 Å². The SMILES string of the molecule is CC/C=C(\C=C/N(O)C1CCN(Cc2cc(C3CC3)c(C3CC=C(F)C=C3F)c(C)c2OC(C)C)CC1)C(=O)O. The van der Waals surface area contributed by atoms with Crippen LogP contribution in [-0.4, -0.2) is 51.5 Å². The third-order valence-corrected chi connectivity index (χ3v) is 7.96. The second-order valence-corrected chi connectivity index (χ2v) is 11.4. The normalized spacial score (nSPS) is 21.1. The quantitative estimate of drug-likeness (QED) is 0.168. The van der Waals surface area contributed by atoms with Gasteiger partial charge in [-0.2, -0.15) is 0 Å². The van der Waals surface area contributed by atoms with Crippen LogP contribution in [0.3, 0.4) is 0 Å². The Balaban J connectivity index is 1.52. The summed E-state index contributed by atoms with van der Waals surface area (Å²) in [6, 6.07) is 2.09. The lowest BCUT2D eigenvalue weighted by molar-refractivity contribution is -0.132. The largest absolute Gasteiger partial charge is 0.490 e. The van der Waals surface area contributed by atoms with E-state index >= 15 is 4.39 Å². The first kappa shape index (κ1) is 30.0. The zero-order chi connectivity index (χ0) is 29.0. The van der Waals surface area contributed by atoms with Crippen LogP contribution < -0.4 is 4.74 Å². The number of halogens is 2. The van der Waals surface area contributed by atoms with Crippen LogP contribution in [0.15, 0.2) is 53.8 Å². The van der Waals surface area contributed by atoms with E-state index < -0.39 is 23.5 Å². The van der Waals surface area contributed by atoms with Crippen LogP contribution >= 0.6 is 0 Å². The lowest BCUT2D eigenvalue weighted by Gasteiger charge is -2.36. The number of nitrogens with zero attached hydrogens (tertiary/aromatic N) is 2. The zero-order valence-corrected chi connectivity index (χ0v) is 24.0. The summed E-state index contributed by atoms with van der Waals surface area (Å²) in [7, 11) is 0. The molecule has 2 N–H and O–H groups in total. The minimum Gasteiger partial charge on any atom is -0.490 e. The maximum absolute atomic E-state index is 15.0. The minimum atomic E-state index is -1.02. The van der Waals surface area contributed by atoms with E-state index in [-0.39, 0.29) is 17.7 Å². The van der Waals surface area contributed by atoms with E-state index in [1.54, 1.807) is 6.08 Å². The molecule has 0 aromatic heterocycles. The lowest BCUT2D eigenvalue weighted by Crippen LogP contribution is -2.41. The number of likely N-dealkylation sites (tertiary alicyclic amines) is 1. The number of hydroxylamine groups is 2. The van der Waals surface area contributed by atoms with Crippen molar-refractivity contribution in [2.75, 3.05) is 13.1 Å². The summed E-state index contributed by atoms with van der Waals surface area (Å²) in [5.74, 6) is -1.28. The number of rotatable bonds is 11. The Morgan fingerprint density at radius 3 is 2.50 bits per heavy atom. The molecule has 1 aliphatic heterocycles. The van der Waals surface area contributed by atoms with Gasteiger partial charge in [0.15, 0.2) is 0 Å². The van der Waals surface area contributed by atoms with Crippen molar-refractivity contribution >= 4 is 5.97 Å². The first-order valence-electron chi connectivity index (χ1n) is 14.5. The highest BCUT2D eigenvalue weighted by Gasteiger charge is 2.35. The molecule has 1 atom stereocenters. The number of ether oxygens (including phenoxy) is 1. The predicted molar refractivity (Wildman–Crippen MR) is 152 cm³/mol. The van der Waals surface area contributed by atoms with Gasteiger partial charge in [0, 0.05) is 43.4 Å². The van der Waals surface area contributed by atoms with Gasteiger partial charge in [0.05, 0.1) is 17.7 Å². The lowest BCUT2D eigenvalue weighted by atomic mass is 9.82. The van der Waals surface area contributed by atoms with Gasteiger partial charge in [0.2, 0.25) is 0 Å². The fourth-order valence-electron chi connectivity index (χ4n) is 5.82. The number of carboxylic acid groups (broad SMARTS) is 1. The van der Waals surface area contributed by atoms with Gasteiger partial charge in [0.25, 0.3) is 0 Å². The molecule has 4 rings (SSSR count). The molecule has 6 nitrogen and oxygen atoms in total. The summed E-state index contributed by atoms with van der Waals surface area (Å²) in [5, 5.41) is 21.0. The Kier molecular flexibility index (Phi) is 9.85. The molecule has 0 spiro atoms. The first-order chi connectivity index (χ1) is 19.1. The molecule has 1 aromatic rings. The number of benzene rings is 1. The van der Waals surface area contributed by atoms with Gasteiger partial charge >= 0.3 is 5.97 Å². The summed E-state index contributed by atoms with van der Waals surface area (Å²) in [5.41, 5.74) is 4.27. The molecule has 8 heteroatoms. The average Bonchev–Trinajstić information content (AvgIpc) is 3.74. The maximum Gasteiger partial charge on any atom is 0.335 e. The number of carbonyl (C=O) groups is 1. The number of hydrogen-bond donors (Lipinski definition) is 2. The third kappa shape index (κ3) is 7.21. The molecule has 1 saturated carbocycles. The van der Waals surface area contributed by atoms with E-state index in [4.69, 9.17) is 4.74 Å². The summed E-state index contributed by atoms with van der Waals surface area (Å²) in [4.78, 5) is 13.7. The Labute approximate surface area is 236 Å². The third-order valence-electron chi connectivity index (χ3n) is 7.96. The first-order valence-corrected chi connectivity index (χ1v) is 14.5. The van der Waals surface area contributed by atoms with E-state index in [0.717, 1.165) is 77.9 Å². The van der Waals surface area contributed by atoms with Crippen molar-refractivity contribution in [2.24, 2.45) is 0 Å². The van der Waals surface area contributed by atoms with Crippen LogP contribution in [0.5, 0.6) is 5.75 Å². The van der Waals surface area contributed by atoms with Gasteiger partial charge in [-0.25, -0.2) is 13.6 Å². The van der Waals surface area contributed by atoms with Crippen molar-refractivity contribution in [2.45, 2.75) is 96.7 Å². The second kappa shape index (κ2) is 13.1. The molecule has 0 amide bonds. The number of hydrogen-bond acceptors (Lipinski definition) is 5. The summed E-state index contributed by atoms with van der Waals surface area (Å²) in [6.07, 6.45) is 11.4. The maximum atomic E-state index is 15.0. The molecule has 218 valence electrons. The minimum absolute atomic E-state index is 0.0564. The van der Waals surface area contributed by atoms with Crippen molar-refractivity contribution in [1.29, 1.82) is 0 Å². The van der Waals surface area contributed by atoms with Gasteiger partial charge in [-0.05, 0) is 94.1 Å². The van der Waals surface area contributed by atoms with Crippen LogP contribution in [0.4, 0.5) is 8.78 Å². The molecule has 1 unspecified atom stereocenters. The van der Waals surface area contributed by atoms with E-state index in [0.29, 0.717) is 25.3 Å². The van der Waals surface area contributed by atoms with Crippen molar-refractivity contribution in [3.05, 3.63) is 76.1 Å². The van der Waals surface area contributed by atoms with Gasteiger partial charge in [-0.1, -0.05) is 19.1 Å². The average molecular weight is 557 g/mol. The highest BCUT2D eigenvalue weighted by Crippen LogP contribution is 2.50. The van der Waals surface area contributed by atoms with E-state index in [9.17, 15) is 19.5 Å². The monoisotopic (exact) mass is 556 g/mol. The predicted octanol–water partition coefficient (Wildman–Crippen LogP) is 7.44. The number of aliphatic carboxylic acids is 1. The van der Waals surface area contributed by atoms with Crippen LogP contribution in [-0.2, 0) is 11.3 Å². The molecule has 3 aliphatic rings. The van der Waals surface area contributed by atoms with Gasteiger partial charge in [-0.3, -0.25) is 15.2 Å². The van der Waals surface area contributed by atoms with Crippen molar-refractivity contribution in [3.63, 3.8) is 0 Å². The Bertz CT molecular complexity index is 1210. The molecule has 1 saturated heterocycles. The topological polar surface area (TPSA) is 73.2 Å². The van der Waals surface area contributed by atoms with Gasteiger partial charge in [0.1, 0.15) is 17.4 Å². The number of allylic oxidation sites excluding steroid dienone is 5. The zero-order valence-electron chi connectivity index (χ0n) is 24.0. The number of carboxylic acids is 1. The molecular weight excluding hydrogens is 514 g/mol. The smallest absolute Gasteiger partial charge is 0.335 e. The van der Waals surface area contributed by atoms with Gasteiger partial charge in [-0.15, -0.1) is 0 Å². The molecule has 40 heavy (non-hydrogen) atoms. The summed E-state index contributed by atoms with van der Waals surface area (Å²) < 4.78 is 35.1. The molecule has 0 radical (unpaired) electrons. The molecule has 2 fully saturated rings. The fraction of sp³-hybridized carbons (Fsp3) is 0.531. The van der Waals surface area contributed by atoms with Crippen molar-refractivity contribution in [1.82, 2.24) is 9.96 Å². The van der Waals surface area contributed by atoms with Crippen LogP contribution in [0, 0.1) is 6.92 Å². The standard InChI is InChI=1S/C32H42F2N2O4/c1-5-6-23(32(37)38)11-16-36(39)26-12-14-35(15-13-26)19-24-17-28(22-7-8-22)30(21(4)31(24)40-20(2)3)27-10-9-25(33)18-29(27)34/h6,9,11,16-18,20,22,26-27,39H,5,7-8,10,12-15,19H2,1-4H3,(H,37,38)/b16-11-,23-6+. The fourth-order valence-corrected chi connectivity index (χ4v) is 5.82. The Hall–Kier alpha value is -2.97. The highest BCUT2D eigenvalue weighted by molar-refractivity contribution is 5.89. The highest BCUT2D eigenvalue weighted by atomic mass is 19.1. The molecule has 2 aliphatic carbocycles. The molecule has 1 heterocycles. The molecule has 1 aromatic carbocycles. The van der Waals surface area contributed by atoms with Crippen LogP contribution in [0.2, 0.25) is 0 Å². The molecular formula is C32H42F2N2O4. The Morgan fingerprint density at radius 1 is 1.23 bits per heavy atom. The van der Waals surface area contributed by atoms with E-state index in [1.807, 2.05) is 27.7 Å². The summed E-state index contributed by atoms with van der Waals surface area (Å²) in [6.45, 7) is 10.0. The van der Waals surface area contributed by atoms with Crippen molar-refractivity contribution in [3.8, 4) is 5.75 Å². The Morgan fingerprint density at radius 2 is 1.93 bits per heavy atom. The van der Waals surface area contributed by atoms with Crippen LogP contribution in [0.25, 0.3) is 0 Å². The number of piperidine rings is 1. The molecule has 0 bridgehead atoms. The van der Waals surface area contributed by atoms with E-state index in [1.165, 1.54) is 18.4 Å². The summed E-state index contributed by atoms with van der Waals surface area (Å²) >= 11 is 0.